The van der Waals surface area contributed by atoms with E-state index in [0.29, 0.717) is 25.6 Å². The standard InChI is InChI=1S/C13H23N3O2/c1-10(2)9-16-13(17)12(7-11(3)15-16)8-14-5-6-18-4/h7,10,14H,5-6,8-9H2,1-4H3. The zero-order valence-corrected chi connectivity index (χ0v) is 11.7. The summed E-state index contributed by atoms with van der Waals surface area (Å²) < 4.78 is 6.51. The Morgan fingerprint density at radius 3 is 2.83 bits per heavy atom. The Labute approximate surface area is 108 Å². The molecule has 5 heteroatoms. The summed E-state index contributed by atoms with van der Waals surface area (Å²) in [4.78, 5) is 12.1. The van der Waals surface area contributed by atoms with E-state index in [2.05, 4.69) is 24.3 Å². The summed E-state index contributed by atoms with van der Waals surface area (Å²) >= 11 is 0. The van der Waals surface area contributed by atoms with Crippen LogP contribution in [0.15, 0.2) is 10.9 Å². The second kappa shape index (κ2) is 7.28. The molecule has 1 N–H and O–H groups in total. The lowest BCUT2D eigenvalue weighted by Gasteiger charge is -2.11. The van der Waals surface area contributed by atoms with Gasteiger partial charge in [0, 0.05) is 32.3 Å². The van der Waals surface area contributed by atoms with Crippen LogP contribution in [0.25, 0.3) is 0 Å². The average molecular weight is 253 g/mol. The van der Waals surface area contributed by atoms with Crippen molar-refractivity contribution in [1.29, 1.82) is 0 Å². The third-order valence-electron chi connectivity index (χ3n) is 2.51. The molecule has 0 saturated carbocycles. The fourth-order valence-corrected chi connectivity index (χ4v) is 1.74. The van der Waals surface area contributed by atoms with E-state index in [9.17, 15) is 4.79 Å². The average Bonchev–Trinajstić information content (AvgIpc) is 2.29. The number of nitrogens with one attached hydrogen (secondary N) is 1. The van der Waals surface area contributed by atoms with Crippen molar-refractivity contribution in [3.63, 3.8) is 0 Å². The van der Waals surface area contributed by atoms with Crippen molar-refractivity contribution in [3.8, 4) is 0 Å². The van der Waals surface area contributed by atoms with Crippen LogP contribution in [-0.2, 0) is 17.8 Å². The van der Waals surface area contributed by atoms with Crippen LogP contribution in [0, 0.1) is 12.8 Å². The van der Waals surface area contributed by atoms with Crippen molar-refractivity contribution in [3.05, 3.63) is 27.7 Å². The lowest BCUT2D eigenvalue weighted by molar-refractivity contribution is 0.199. The summed E-state index contributed by atoms with van der Waals surface area (Å²) in [5, 5.41) is 7.45. The molecule has 0 saturated heterocycles. The van der Waals surface area contributed by atoms with Gasteiger partial charge in [0.05, 0.1) is 12.3 Å². The Bertz CT molecular complexity index is 427. The third kappa shape index (κ3) is 4.58. The molecule has 0 aromatic carbocycles. The lowest BCUT2D eigenvalue weighted by atomic mass is 10.2. The van der Waals surface area contributed by atoms with E-state index in [4.69, 9.17) is 4.74 Å². The predicted molar refractivity (Wildman–Crippen MR) is 71.7 cm³/mol. The number of nitrogens with zero attached hydrogens (tertiary/aromatic N) is 2. The van der Waals surface area contributed by atoms with Crippen LogP contribution >= 0.6 is 0 Å². The smallest absolute Gasteiger partial charge is 0.271 e. The molecule has 0 spiro atoms. The van der Waals surface area contributed by atoms with Crippen LogP contribution in [-0.4, -0.2) is 30.0 Å². The Hall–Kier alpha value is -1.20. The highest BCUT2D eigenvalue weighted by Gasteiger charge is 2.07. The topological polar surface area (TPSA) is 56.1 Å². The van der Waals surface area contributed by atoms with Crippen LogP contribution in [0.2, 0.25) is 0 Å². The minimum Gasteiger partial charge on any atom is -0.383 e. The highest BCUT2D eigenvalue weighted by molar-refractivity contribution is 5.12. The van der Waals surface area contributed by atoms with Gasteiger partial charge in [-0.05, 0) is 18.9 Å². The lowest BCUT2D eigenvalue weighted by Crippen LogP contribution is -2.31. The molecule has 0 atom stereocenters. The number of hydrogen-bond donors (Lipinski definition) is 1. The molecule has 0 aliphatic heterocycles. The van der Waals surface area contributed by atoms with Crippen LogP contribution in [0.3, 0.4) is 0 Å². The van der Waals surface area contributed by atoms with Gasteiger partial charge in [0.15, 0.2) is 0 Å². The predicted octanol–water partition coefficient (Wildman–Crippen LogP) is 0.944. The number of ether oxygens (including phenoxy) is 1. The molecule has 0 amide bonds. The van der Waals surface area contributed by atoms with Gasteiger partial charge in [-0.1, -0.05) is 13.8 Å². The normalized spacial score (nSPS) is 11.2. The monoisotopic (exact) mass is 253 g/mol. The molecule has 5 nitrogen and oxygen atoms in total. The number of methoxy groups -OCH3 is 1. The molecular weight excluding hydrogens is 230 g/mol. The van der Waals surface area contributed by atoms with Gasteiger partial charge in [-0.15, -0.1) is 0 Å². The molecule has 0 fully saturated rings. The molecule has 1 rings (SSSR count). The van der Waals surface area contributed by atoms with Crippen molar-refractivity contribution in [2.75, 3.05) is 20.3 Å². The molecule has 0 bridgehead atoms. The molecule has 0 radical (unpaired) electrons. The molecule has 0 aliphatic carbocycles. The van der Waals surface area contributed by atoms with E-state index in [-0.39, 0.29) is 5.56 Å². The summed E-state index contributed by atoms with van der Waals surface area (Å²) in [6, 6.07) is 1.85. The fraction of sp³-hybridized carbons (Fsp3) is 0.692. The second-order valence-electron chi connectivity index (χ2n) is 4.86. The van der Waals surface area contributed by atoms with E-state index >= 15 is 0 Å². The molecule has 102 valence electrons. The molecular formula is C13H23N3O2. The van der Waals surface area contributed by atoms with Crippen molar-refractivity contribution in [2.24, 2.45) is 5.92 Å². The maximum atomic E-state index is 12.1. The number of aryl methyl sites for hydroxylation is 1. The van der Waals surface area contributed by atoms with Crippen molar-refractivity contribution in [1.82, 2.24) is 15.1 Å². The number of aromatic nitrogens is 2. The Kier molecular flexibility index (Phi) is 6.01. The minimum atomic E-state index is -0.000725. The van der Waals surface area contributed by atoms with E-state index < -0.39 is 0 Å². The van der Waals surface area contributed by atoms with Crippen LogP contribution in [0.1, 0.15) is 25.1 Å². The van der Waals surface area contributed by atoms with Crippen molar-refractivity contribution in [2.45, 2.75) is 33.9 Å². The van der Waals surface area contributed by atoms with E-state index in [1.165, 1.54) is 0 Å². The zero-order valence-electron chi connectivity index (χ0n) is 11.7. The highest BCUT2D eigenvalue weighted by atomic mass is 16.5. The van der Waals surface area contributed by atoms with E-state index in [1.54, 1.807) is 11.8 Å². The zero-order chi connectivity index (χ0) is 13.5. The minimum absolute atomic E-state index is 0.000725. The first-order chi connectivity index (χ1) is 8.54. The van der Waals surface area contributed by atoms with Gasteiger partial charge in [-0.2, -0.15) is 5.10 Å². The van der Waals surface area contributed by atoms with Crippen LogP contribution in [0.5, 0.6) is 0 Å². The first-order valence-corrected chi connectivity index (χ1v) is 6.32. The molecule has 0 aliphatic rings. The number of rotatable bonds is 7. The first kappa shape index (κ1) is 14.9. The Balaban J connectivity index is 2.78. The largest absolute Gasteiger partial charge is 0.383 e. The molecule has 0 unspecified atom stereocenters. The van der Waals surface area contributed by atoms with E-state index in [0.717, 1.165) is 17.8 Å². The van der Waals surface area contributed by atoms with Gasteiger partial charge in [0.2, 0.25) is 0 Å². The quantitative estimate of drug-likeness (QED) is 0.735. The third-order valence-corrected chi connectivity index (χ3v) is 2.51. The van der Waals surface area contributed by atoms with Gasteiger partial charge in [-0.25, -0.2) is 4.68 Å². The van der Waals surface area contributed by atoms with Gasteiger partial charge >= 0.3 is 0 Å². The molecule has 1 aromatic rings. The second-order valence-corrected chi connectivity index (χ2v) is 4.86. The van der Waals surface area contributed by atoms with E-state index in [1.807, 2.05) is 13.0 Å². The maximum Gasteiger partial charge on any atom is 0.271 e. The summed E-state index contributed by atoms with van der Waals surface area (Å²) in [7, 11) is 1.66. The highest BCUT2D eigenvalue weighted by Crippen LogP contribution is 1.99. The van der Waals surface area contributed by atoms with Gasteiger partial charge in [0.1, 0.15) is 0 Å². The summed E-state index contributed by atoms with van der Waals surface area (Å²) in [5.41, 5.74) is 1.64. The maximum absolute atomic E-state index is 12.1. The Morgan fingerprint density at radius 2 is 2.22 bits per heavy atom. The summed E-state index contributed by atoms with van der Waals surface area (Å²) in [6.07, 6.45) is 0. The van der Waals surface area contributed by atoms with Crippen molar-refractivity contribution < 1.29 is 4.74 Å². The molecule has 1 aromatic heterocycles. The summed E-state index contributed by atoms with van der Waals surface area (Å²) in [5.74, 6) is 0.409. The van der Waals surface area contributed by atoms with Crippen LogP contribution in [0.4, 0.5) is 0 Å². The van der Waals surface area contributed by atoms with Gasteiger partial charge in [-0.3, -0.25) is 4.79 Å². The SMILES string of the molecule is COCCNCc1cc(C)nn(CC(C)C)c1=O. The van der Waals surface area contributed by atoms with Crippen LogP contribution < -0.4 is 10.9 Å². The molecule has 18 heavy (non-hydrogen) atoms. The Morgan fingerprint density at radius 1 is 1.50 bits per heavy atom. The van der Waals surface area contributed by atoms with Gasteiger partial charge in [0.25, 0.3) is 5.56 Å². The van der Waals surface area contributed by atoms with Gasteiger partial charge < -0.3 is 10.1 Å². The number of hydrogen-bond acceptors (Lipinski definition) is 4. The first-order valence-electron chi connectivity index (χ1n) is 6.32. The van der Waals surface area contributed by atoms with Crippen molar-refractivity contribution >= 4 is 0 Å². The fourth-order valence-electron chi connectivity index (χ4n) is 1.74. The molecule has 1 heterocycles. The summed E-state index contributed by atoms with van der Waals surface area (Å²) in [6.45, 7) is 8.66.